The number of aromatic hydroxyl groups is 1. The standard InChI is InChI=1S/C19H18F3N3O3/c1-10-5-12(19(20,21)22)6-15(26)17(10)13-4-3-11-7-25(24-18(11)23-13)14-8-28-9-16(14)27-2/h3-7,14,16,26H,8-9H2,1-2H3/t14?,16-/m1/s1. The average Bonchev–Trinajstić information content (AvgIpc) is 3.26. The third kappa shape index (κ3) is 3.20. The number of hydrogen-bond donors (Lipinski definition) is 1. The normalized spacial score (nSPS) is 20.2. The van der Waals surface area contributed by atoms with E-state index in [1.807, 2.05) is 6.20 Å². The molecule has 0 bridgehead atoms. The number of aromatic nitrogens is 3. The van der Waals surface area contributed by atoms with Crippen LogP contribution in [0.15, 0.2) is 30.5 Å². The molecular weight excluding hydrogens is 375 g/mol. The minimum Gasteiger partial charge on any atom is -0.507 e. The van der Waals surface area contributed by atoms with Crippen molar-refractivity contribution in [1.82, 2.24) is 14.8 Å². The van der Waals surface area contributed by atoms with E-state index >= 15 is 0 Å². The third-order valence-electron chi connectivity index (χ3n) is 4.93. The van der Waals surface area contributed by atoms with Crippen molar-refractivity contribution in [3.63, 3.8) is 0 Å². The van der Waals surface area contributed by atoms with Crippen molar-refractivity contribution in [2.45, 2.75) is 25.2 Å². The highest BCUT2D eigenvalue weighted by atomic mass is 19.4. The molecule has 4 rings (SSSR count). The molecule has 1 aromatic carbocycles. The van der Waals surface area contributed by atoms with Gasteiger partial charge >= 0.3 is 6.18 Å². The molecule has 0 saturated carbocycles. The summed E-state index contributed by atoms with van der Waals surface area (Å²) in [5.41, 5.74) is 0.416. The van der Waals surface area contributed by atoms with E-state index < -0.39 is 17.5 Å². The number of phenols is 1. The molecule has 3 heterocycles. The summed E-state index contributed by atoms with van der Waals surface area (Å²) in [7, 11) is 1.61. The van der Waals surface area contributed by atoms with E-state index in [0.717, 1.165) is 11.5 Å². The highest BCUT2D eigenvalue weighted by Crippen LogP contribution is 2.38. The molecule has 3 aromatic rings. The molecule has 2 aromatic heterocycles. The number of aryl methyl sites for hydroxylation is 1. The first-order chi connectivity index (χ1) is 13.3. The monoisotopic (exact) mass is 393 g/mol. The van der Waals surface area contributed by atoms with Gasteiger partial charge in [-0.15, -0.1) is 0 Å². The van der Waals surface area contributed by atoms with Crippen molar-refractivity contribution < 1.29 is 27.8 Å². The van der Waals surface area contributed by atoms with E-state index in [1.165, 1.54) is 6.92 Å². The fourth-order valence-electron chi connectivity index (χ4n) is 3.49. The van der Waals surface area contributed by atoms with Gasteiger partial charge in [0.15, 0.2) is 5.65 Å². The quantitative estimate of drug-likeness (QED) is 0.735. The van der Waals surface area contributed by atoms with Gasteiger partial charge in [-0.1, -0.05) is 0 Å². The summed E-state index contributed by atoms with van der Waals surface area (Å²) in [5.74, 6) is -0.470. The Morgan fingerprint density at radius 1 is 1.25 bits per heavy atom. The number of rotatable bonds is 3. The summed E-state index contributed by atoms with van der Waals surface area (Å²) < 4.78 is 51.4. The van der Waals surface area contributed by atoms with Gasteiger partial charge in [0.2, 0.25) is 0 Å². The molecule has 1 unspecified atom stereocenters. The summed E-state index contributed by atoms with van der Waals surface area (Å²) in [6.45, 7) is 2.46. The lowest BCUT2D eigenvalue weighted by atomic mass is 10.00. The first-order valence-electron chi connectivity index (χ1n) is 8.65. The van der Waals surface area contributed by atoms with Crippen LogP contribution in [0.1, 0.15) is 17.2 Å². The topological polar surface area (TPSA) is 69.4 Å². The van der Waals surface area contributed by atoms with Crippen molar-refractivity contribution in [3.8, 4) is 17.0 Å². The predicted molar refractivity (Wildman–Crippen MR) is 95.0 cm³/mol. The van der Waals surface area contributed by atoms with E-state index in [1.54, 1.807) is 23.9 Å². The minimum atomic E-state index is -4.53. The Morgan fingerprint density at radius 3 is 2.71 bits per heavy atom. The van der Waals surface area contributed by atoms with Gasteiger partial charge < -0.3 is 14.6 Å². The van der Waals surface area contributed by atoms with Crippen molar-refractivity contribution in [3.05, 3.63) is 41.6 Å². The van der Waals surface area contributed by atoms with Crippen LogP contribution in [0.5, 0.6) is 5.75 Å². The highest BCUT2D eigenvalue weighted by Gasteiger charge is 2.33. The molecule has 148 valence electrons. The molecule has 1 N–H and O–H groups in total. The Hall–Kier alpha value is -2.65. The second-order valence-corrected chi connectivity index (χ2v) is 6.78. The molecule has 0 amide bonds. The number of benzene rings is 1. The maximum atomic E-state index is 12.9. The zero-order chi connectivity index (χ0) is 20.1. The van der Waals surface area contributed by atoms with Crippen molar-refractivity contribution in [2.75, 3.05) is 20.3 Å². The highest BCUT2D eigenvalue weighted by molar-refractivity contribution is 5.80. The van der Waals surface area contributed by atoms with Gasteiger partial charge in [0.05, 0.1) is 24.5 Å². The lowest BCUT2D eigenvalue weighted by molar-refractivity contribution is -0.137. The van der Waals surface area contributed by atoms with Crippen LogP contribution in [0.4, 0.5) is 13.2 Å². The van der Waals surface area contributed by atoms with E-state index in [2.05, 4.69) is 10.1 Å². The van der Waals surface area contributed by atoms with Gasteiger partial charge in [0.25, 0.3) is 0 Å². The van der Waals surface area contributed by atoms with E-state index in [4.69, 9.17) is 9.47 Å². The molecule has 0 aliphatic carbocycles. The summed E-state index contributed by atoms with van der Waals surface area (Å²) in [6, 6.07) is 5.06. The molecule has 28 heavy (non-hydrogen) atoms. The number of hydrogen-bond acceptors (Lipinski definition) is 5. The Balaban J connectivity index is 1.74. The lowest BCUT2D eigenvalue weighted by Gasteiger charge is -2.15. The zero-order valence-corrected chi connectivity index (χ0v) is 15.2. The SMILES string of the molecule is CO[C@@H]1COCC1n1cc2ccc(-c3c(C)cc(C(F)(F)F)cc3O)nc2n1. The van der Waals surface area contributed by atoms with E-state index in [9.17, 15) is 18.3 Å². The first kappa shape index (κ1) is 18.7. The smallest absolute Gasteiger partial charge is 0.416 e. The molecular formula is C19H18F3N3O3. The van der Waals surface area contributed by atoms with Gasteiger partial charge in [0, 0.05) is 24.3 Å². The van der Waals surface area contributed by atoms with Crippen LogP contribution in [0.3, 0.4) is 0 Å². The van der Waals surface area contributed by atoms with Crippen LogP contribution >= 0.6 is 0 Å². The number of pyridine rings is 1. The number of phenolic OH excluding ortho intramolecular Hbond substituents is 1. The van der Waals surface area contributed by atoms with Crippen molar-refractivity contribution in [2.24, 2.45) is 0 Å². The Labute approximate surface area is 158 Å². The molecule has 1 saturated heterocycles. The van der Waals surface area contributed by atoms with Crippen LogP contribution in [0.2, 0.25) is 0 Å². The fourth-order valence-corrected chi connectivity index (χ4v) is 3.49. The molecule has 1 aliphatic heterocycles. The fraction of sp³-hybridized carbons (Fsp3) is 0.368. The maximum absolute atomic E-state index is 12.9. The minimum absolute atomic E-state index is 0.0798. The van der Waals surface area contributed by atoms with Crippen LogP contribution in [0, 0.1) is 6.92 Å². The van der Waals surface area contributed by atoms with Gasteiger partial charge in [-0.25, -0.2) is 4.98 Å². The van der Waals surface area contributed by atoms with Crippen LogP contribution in [-0.4, -0.2) is 46.3 Å². The van der Waals surface area contributed by atoms with Gasteiger partial charge in [0.1, 0.15) is 17.9 Å². The van der Waals surface area contributed by atoms with Crippen LogP contribution < -0.4 is 0 Å². The Kier molecular flexibility index (Phi) is 4.51. The van der Waals surface area contributed by atoms with Crippen LogP contribution in [0.25, 0.3) is 22.3 Å². The van der Waals surface area contributed by atoms with Crippen molar-refractivity contribution >= 4 is 11.0 Å². The number of halogens is 3. The van der Waals surface area contributed by atoms with Crippen LogP contribution in [-0.2, 0) is 15.7 Å². The number of alkyl halides is 3. The largest absolute Gasteiger partial charge is 0.507 e. The Morgan fingerprint density at radius 2 is 2.04 bits per heavy atom. The molecule has 0 radical (unpaired) electrons. The molecule has 0 spiro atoms. The van der Waals surface area contributed by atoms with E-state index in [0.29, 0.717) is 30.6 Å². The number of fused-ring (bicyclic) bond motifs is 1. The average molecular weight is 393 g/mol. The first-order valence-corrected chi connectivity index (χ1v) is 8.65. The predicted octanol–water partition coefficient (Wildman–Crippen LogP) is 3.72. The molecule has 9 heteroatoms. The number of nitrogens with zero attached hydrogens (tertiary/aromatic N) is 3. The van der Waals surface area contributed by atoms with Gasteiger partial charge in [-0.05, 0) is 36.8 Å². The summed E-state index contributed by atoms with van der Waals surface area (Å²) in [6.07, 6.45) is -2.82. The molecule has 2 atom stereocenters. The van der Waals surface area contributed by atoms with Gasteiger partial charge in [-0.2, -0.15) is 18.3 Å². The lowest BCUT2D eigenvalue weighted by Crippen LogP contribution is -2.24. The van der Waals surface area contributed by atoms with Crippen molar-refractivity contribution in [1.29, 1.82) is 0 Å². The second kappa shape index (κ2) is 6.75. The Bertz CT molecular complexity index is 1010. The zero-order valence-electron chi connectivity index (χ0n) is 15.2. The summed E-state index contributed by atoms with van der Waals surface area (Å²) in [5, 5.41) is 15.5. The summed E-state index contributed by atoms with van der Waals surface area (Å²) >= 11 is 0. The third-order valence-corrected chi connectivity index (χ3v) is 4.93. The second-order valence-electron chi connectivity index (χ2n) is 6.78. The molecule has 1 fully saturated rings. The summed E-state index contributed by atoms with van der Waals surface area (Å²) in [4.78, 5) is 4.45. The molecule has 1 aliphatic rings. The molecule has 6 nitrogen and oxygen atoms in total. The van der Waals surface area contributed by atoms with Gasteiger partial charge in [-0.3, -0.25) is 4.68 Å². The maximum Gasteiger partial charge on any atom is 0.416 e. The number of ether oxygens (including phenoxy) is 2. The number of methoxy groups -OCH3 is 1. The van der Waals surface area contributed by atoms with E-state index in [-0.39, 0.29) is 23.3 Å².